The predicted octanol–water partition coefficient (Wildman–Crippen LogP) is 1.31. The van der Waals surface area contributed by atoms with Crippen molar-refractivity contribution < 1.29 is 18.8 Å². The van der Waals surface area contributed by atoms with Crippen molar-refractivity contribution in [2.24, 2.45) is 0 Å². The molecule has 2 aliphatic rings. The largest absolute Gasteiger partial charge is 0.458 e. The smallest absolute Gasteiger partial charge is 0.316 e. The van der Waals surface area contributed by atoms with Crippen molar-refractivity contribution in [2.75, 3.05) is 19.7 Å². The fourth-order valence-corrected chi connectivity index (χ4v) is 3.41. The highest BCUT2D eigenvalue weighted by atomic mass is 16.6. The van der Waals surface area contributed by atoms with Gasteiger partial charge < -0.3 is 18.9 Å². The van der Waals surface area contributed by atoms with Crippen molar-refractivity contribution in [2.45, 2.75) is 31.0 Å². The summed E-state index contributed by atoms with van der Waals surface area (Å²) in [4.78, 5) is 22.4. The second kappa shape index (κ2) is 6.20. The Bertz CT molecular complexity index is 693. The molecule has 2 aliphatic heterocycles. The van der Waals surface area contributed by atoms with Crippen molar-refractivity contribution in [1.82, 2.24) is 20.0 Å². The number of amides is 1. The molecular formula is C16H18N4O4. The number of hydrogen-bond acceptors (Lipinski definition) is 7. The first-order valence-corrected chi connectivity index (χ1v) is 8.02. The first-order valence-electron chi connectivity index (χ1n) is 8.02. The summed E-state index contributed by atoms with van der Waals surface area (Å²) in [6.45, 7) is 1.70. The molecule has 0 unspecified atom stereocenters. The first-order chi connectivity index (χ1) is 11.7. The minimum Gasteiger partial charge on any atom is -0.458 e. The number of carbonyl (C=O) groups excluding carboxylic acids is 1. The summed E-state index contributed by atoms with van der Waals surface area (Å²) >= 11 is 0. The van der Waals surface area contributed by atoms with E-state index in [2.05, 4.69) is 15.1 Å². The molecule has 0 aliphatic carbocycles. The number of ether oxygens (including phenoxy) is 2. The second-order valence-electron chi connectivity index (χ2n) is 6.18. The van der Waals surface area contributed by atoms with Gasteiger partial charge in [-0.05, 0) is 18.9 Å². The van der Waals surface area contributed by atoms with Gasteiger partial charge in [0, 0.05) is 31.4 Å². The Balaban J connectivity index is 1.41. The fourth-order valence-electron chi connectivity index (χ4n) is 3.41. The SMILES string of the molecule is O=C(c1ccno1)N1CCC[C@]2(C[C@@H](Oc3ncccn3)CO2)C1. The van der Waals surface area contributed by atoms with Crippen molar-refractivity contribution in [3.8, 4) is 6.01 Å². The molecule has 24 heavy (non-hydrogen) atoms. The highest BCUT2D eigenvalue weighted by molar-refractivity contribution is 5.91. The predicted molar refractivity (Wildman–Crippen MR) is 81.4 cm³/mol. The molecule has 4 rings (SSSR count). The van der Waals surface area contributed by atoms with Crippen molar-refractivity contribution in [3.05, 3.63) is 36.5 Å². The summed E-state index contributed by atoms with van der Waals surface area (Å²) in [6, 6.07) is 3.68. The third kappa shape index (κ3) is 2.96. The lowest BCUT2D eigenvalue weighted by Gasteiger charge is -2.39. The Morgan fingerprint density at radius 1 is 1.33 bits per heavy atom. The van der Waals surface area contributed by atoms with Crippen LogP contribution < -0.4 is 4.74 Å². The van der Waals surface area contributed by atoms with Crippen LogP contribution in [0.5, 0.6) is 6.01 Å². The molecule has 0 aromatic carbocycles. The maximum Gasteiger partial charge on any atom is 0.316 e. The van der Waals surface area contributed by atoms with Crippen molar-refractivity contribution >= 4 is 5.91 Å². The van der Waals surface area contributed by atoms with Gasteiger partial charge >= 0.3 is 6.01 Å². The van der Waals surface area contributed by atoms with Crippen LogP contribution in [0.3, 0.4) is 0 Å². The Morgan fingerprint density at radius 2 is 2.21 bits per heavy atom. The topological polar surface area (TPSA) is 90.6 Å². The van der Waals surface area contributed by atoms with Crippen LogP contribution in [0.15, 0.2) is 35.2 Å². The molecule has 0 N–H and O–H groups in total. The molecule has 0 saturated carbocycles. The average Bonchev–Trinajstić information content (AvgIpc) is 3.26. The van der Waals surface area contributed by atoms with Gasteiger partial charge in [-0.15, -0.1) is 0 Å². The van der Waals surface area contributed by atoms with Crippen molar-refractivity contribution in [3.63, 3.8) is 0 Å². The van der Waals surface area contributed by atoms with E-state index in [-0.39, 0.29) is 23.4 Å². The van der Waals surface area contributed by atoms with Crippen LogP contribution in [0.2, 0.25) is 0 Å². The maximum atomic E-state index is 12.5. The van der Waals surface area contributed by atoms with E-state index in [1.807, 2.05) is 0 Å². The van der Waals surface area contributed by atoms with E-state index >= 15 is 0 Å². The zero-order chi connectivity index (χ0) is 16.4. The van der Waals surface area contributed by atoms with Crippen LogP contribution in [0, 0.1) is 0 Å². The third-order valence-electron chi connectivity index (χ3n) is 4.46. The molecule has 0 bridgehead atoms. The van der Waals surface area contributed by atoms with Gasteiger partial charge in [-0.2, -0.15) is 0 Å². The Kier molecular flexibility index (Phi) is 3.89. The zero-order valence-corrected chi connectivity index (χ0v) is 13.1. The van der Waals surface area contributed by atoms with Crippen molar-refractivity contribution in [1.29, 1.82) is 0 Å². The Morgan fingerprint density at radius 3 is 3.00 bits per heavy atom. The summed E-state index contributed by atoms with van der Waals surface area (Å²) in [5, 5.41) is 3.60. The van der Waals surface area contributed by atoms with Gasteiger partial charge in [0.2, 0.25) is 5.76 Å². The molecule has 1 amide bonds. The third-order valence-corrected chi connectivity index (χ3v) is 4.46. The lowest BCUT2D eigenvalue weighted by atomic mass is 9.89. The van der Waals surface area contributed by atoms with Crippen LogP contribution in [0.1, 0.15) is 29.8 Å². The molecule has 4 heterocycles. The van der Waals surface area contributed by atoms with E-state index in [4.69, 9.17) is 14.0 Å². The van der Waals surface area contributed by atoms with E-state index in [1.165, 1.54) is 6.20 Å². The zero-order valence-electron chi connectivity index (χ0n) is 13.1. The van der Waals surface area contributed by atoms with Gasteiger partial charge in [0.15, 0.2) is 0 Å². The van der Waals surface area contributed by atoms with Gasteiger partial charge in [-0.25, -0.2) is 9.97 Å². The first kappa shape index (κ1) is 15.1. The quantitative estimate of drug-likeness (QED) is 0.838. The standard InChI is InChI=1S/C16H18N4O4/c21-14(13-3-7-19-24-13)20-8-1-4-16(11-20)9-12(10-22-16)23-15-17-5-2-6-18-15/h2-3,5-7,12H,1,4,8-11H2/t12-,16+/m1/s1. The molecule has 2 fully saturated rings. The lowest BCUT2D eigenvalue weighted by molar-refractivity contribution is -0.0460. The van der Waals surface area contributed by atoms with Gasteiger partial charge in [-0.1, -0.05) is 5.16 Å². The van der Waals surface area contributed by atoms with E-state index in [0.717, 1.165) is 12.8 Å². The summed E-state index contributed by atoms with van der Waals surface area (Å²) in [7, 11) is 0. The Labute approximate surface area is 138 Å². The number of piperidine rings is 1. The number of hydrogen-bond donors (Lipinski definition) is 0. The van der Waals surface area contributed by atoms with Gasteiger partial charge in [0.25, 0.3) is 5.91 Å². The minimum atomic E-state index is -0.368. The molecule has 2 aromatic heterocycles. The minimum absolute atomic E-state index is 0.104. The molecular weight excluding hydrogens is 312 g/mol. The molecule has 8 heteroatoms. The van der Waals surface area contributed by atoms with Gasteiger partial charge in [0.05, 0.1) is 24.9 Å². The highest BCUT2D eigenvalue weighted by Gasteiger charge is 2.46. The van der Waals surface area contributed by atoms with E-state index in [9.17, 15) is 4.79 Å². The fraction of sp³-hybridized carbons (Fsp3) is 0.500. The van der Waals surface area contributed by atoms with E-state index in [0.29, 0.717) is 32.1 Å². The van der Waals surface area contributed by atoms with E-state index in [1.54, 1.807) is 29.4 Å². The van der Waals surface area contributed by atoms with E-state index < -0.39 is 0 Å². The summed E-state index contributed by atoms with van der Waals surface area (Å²) in [6.07, 6.45) is 7.16. The lowest BCUT2D eigenvalue weighted by Crippen LogP contribution is -2.50. The molecule has 0 radical (unpaired) electrons. The normalized spacial score (nSPS) is 26.7. The number of nitrogens with zero attached hydrogens (tertiary/aromatic N) is 4. The molecule has 1 spiro atoms. The maximum absolute atomic E-state index is 12.5. The van der Waals surface area contributed by atoms with Crippen LogP contribution in [0.25, 0.3) is 0 Å². The number of aromatic nitrogens is 3. The molecule has 8 nitrogen and oxygen atoms in total. The molecule has 126 valence electrons. The molecule has 2 atom stereocenters. The van der Waals surface area contributed by atoms with Gasteiger partial charge in [0.1, 0.15) is 6.10 Å². The monoisotopic (exact) mass is 330 g/mol. The summed E-state index contributed by atoms with van der Waals surface area (Å²) in [5.41, 5.74) is -0.368. The Hall–Kier alpha value is -2.48. The van der Waals surface area contributed by atoms with Crippen LogP contribution in [-0.4, -0.2) is 57.3 Å². The molecule has 2 saturated heterocycles. The number of rotatable bonds is 3. The highest BCUT2D eigenvalue weighted by Crippen LogP contribution is 2.36. The second-order valence-corrected chi connectivity index (χ2v) is 6.18. The molecule has 2 aromatic rings. The number of carbonyl (C=O) groups is 1. The van der Waals surface area contributed by atoms with Gasteiger partial charge in [-0.3, -0.25) is 4.79 Å². The van der Waals surface area contributed by atoms with Crippen LogP contribution in [0.4, 0.5) is 0 Å². The average molecular weight is 330 g/mol. The summed E-state index contributed by atoms with van der Waals surface area (Å²) < 4.78 is 16.8. The van der Waals surface area contributed by atoms with Crippen LogP contribution in [-0.2, 0) is 4.74 Å². The number of likely N-dealkylation sites (tertiary alicyclic amines) is 1. The van der Waals surface area contributed by atoms with Crippen LogP contribution >= 0.6 is 0 Å². The summed E-state index contributed by atoms with van der Waals surface area (Å²) in [5.74, 6) is 0.112.